The summed E-state index contributed by atoms with van der Waals surface area (Å²) < 4.78 is 18.9. The number of nitrogens with two attached hydrogens (primary N) is 1. The summed E-state index contributed by atoms with van der Waals surface area (Å²) in [5, 5.41) is 8.83. The molecule has 0 saturated heterocycles. The molecule has 4 heteroatoms. The van der Waals surface area contributed by atoms with Crippen molar-refractivity contribution in [3.8, 4) is 17.6 Å². The quantitative estimate of drug-likeness (QED) is 0.914. The Balaban J connectivity index is 2.35. The first-order chi connectivity index (χ1) is 9.10. The molecule has 2 rings (SSSR count). The van der Waals surface area contributed by atoms with Crippen LogP contribution in [0.1, 0.15) is 24.1 Å². The van der Waals surface area contributed by atoms with E-state index in [4.69, 9.17) is 15.7 Å². The van der Waals surface area contributed by atoms with Crippen molar-refractivity contribution in [3.63, 3.8) is 0 Å². The van der Waals surface area contributed by atoms with Crippen LogP contribution in [0.2, 0.25) is 0 Å². The van der Waals surface area contributed by atoms with E-state index in [-0.39, 0.29) is 11.9 Å². The second kappa shape index (κ2) is 5.51. The molecule has 2 N–H and O–H groups in total. The van der Waals surface area contributed by atoms with Crippen LogP contribution >= 0.6 is 0 Å². The van der Waals surface area contributed by atoms with E-state index in [0.29, 0.717) is 22.6 Å². The van der Waals surface area contributed by atoms with Gasteiger partial charge in [-0.2, -0.15) is 5.26 Å². The molecule has 0 aliphatic carbocycles. The minimum Gasteiger partial charge on any atom is -0.457 e. The monoisotopic (exact) mass is 256 g/mol. The predicted molar refractivity (Wildman–Crippen MR) is 70.2 cm³/mol. The van der Waals surface area contributed by atoms with Gasteiger partial charge in [0, 0.05) is 11.6 Å². The lowest BCUT2D eigenvalue weighted by molar-refractivity contribution is 0.469. The van der Waals surface area contributed by atoms with Gasteiger partial charge < -0.3 is 10.5 Å². The van der Waals surface area contributed by atoms with Crippen molar-refractivity contribution in [2.24, 2.45) is 5.73 Å². The van der Waals surface area contributed by atoms with Crippen molar-refractivity contribution >= 4 is 0 Å². The first kappa shape index (κ1) is 13.1. The van der Waals surface area contributed by atoms with Gasteiger partial charge in [-0.1, -0.05) is 6.07 Å². The number of hydrogen-bond acceptors (Lipinski definition) is 3. The Bertz CT molecular complexity index is 632. The maximum Gasteiger partial charge on any atom is 0.132 e. The molecule has 96 valence electrons. The van der Waals surface area contributed by atoms with Crippen LogP contribution in [0.3, 0.4) is 0 Å². The van der Waals surface area contributed by atoms with Crippen LogP contribution in [0.15, 0.2) is 42.5 Å². The molecule has 0 bridgehead atoms. The van der Waals surface area contributed by atoms with Gasteiger partial charge in [0.15, 0.2) is 0 Å². The molecular formula is C15H13FN2O. The molecule has 3 nitrogen and oxygen atoms in total. The van der Waals surface area contributed by atoms with E-state index in [9.17, 15) is 4.39 Å². The number of hydrogen-bond donors (Lipinski definition) is 1. The summed E-state index contributed by atoms with van der Waals surface area (Å²) in [6.45, 7) is 1.76. The second-order valence-corrected chi connectivity index (χ2v) is 4.21. The van der Waals surface area contributed by atoms with Crippen LogP contribution in [0.4, 0.5) is 4.39 Å². The van der Waals surface area contributed by atoms with Gasteiger partial charge in [-0.15, -0.1) is 0 Å². The van der Waals surface area contributed by atoms with Gasteiger partial charge in [-0.3, -0.25) is 0 Å². The van der Waals surface area contributed by atoms with Gasteiger partial charge >= 0.3 is 0 Å². The fourth-order valence-corrected chi connectivity index (χ4v) is 1.72. The molecule has 0 amide bonds. The zero-order valence-corrected chi connectivity index (χ0v) is 10.4. The van der Waals surface area contributed by atoms with Crippen LogP contribution in [-0.4, -0.2) is 0 Å². The Hall–Kier alpha value is -2.38. The lowest BCUT2D eigenvalue weighted by Gasteiger charge is -2.13. The molecule has 2 aromatic rings. The third-order valence-electron chi connectivity index (χ3n) is 2.65. The lowest BCUT2D eigenvalue weighted by atomic mass is 10.1. The maximum absolute atomic E-state index is 13.2. The summed E-state index contributed by atoms with van der Waals surface area (Å²) in [6, 6.07) is 12.7. The Kier molecular flexibility index (Phi) is 3.79. The van der Waals surface area contributed by atoms with E-state index in [2.05, 4.69) is 0 Å². The third-order valence-corrected chi connectivity index (χ3v) is 2.65. The third kappa shape index (κ3) is 3.09. The number of nitrogens with zero attached hydrogens (tertiary/aromatic N) is 1. The van der Waals surface area contributed by atoms with Crippen LogP contribution in [0.25, 0.3) is 0 Å². The molecule has 0 aliphatic rings. The van der Waals surface area contributed by atoms with Crippen molar-refractivity contribution in [2.45, 2.75) is 13.0 Å². The van der Waals surface area contributed by atoms with Gasteiger partial charge in [0.05, 0.1) is 11.6 Å². The van der Waals surface area contributed by atoms with Crippen LogP contribution in [-0.2, 0) is 0 Å². The Morgan fingerprint density at radius 3 is 2.74 bits per heavy atom. The minimum atomic E-state index is -0.356. The smallest absolute Gasteiger partial charge is 0.132 e. The van der Waals surface area contributed by atoms with Gasteiger partial charge in [0.1, 0.15) is 17.3 Å². The van der Waals surface area contributed by atoms with E-state index in [1.54, 1.807) is 31.2 Å². The molecule has 0 fully saturated rings. The van der Waals surface area contributed by atoms with E-state index in [1.807, 2.05) is 6.07 Å². The van der Waals surface area contributed by atoms with Crippen molar-refractivity contribution in [1.29, 1.82) is 5.26 Å². The Morgan fingerprint density at radius 2 is 2.05 bits per heavy atom. The number of halogens is 1. The molecule has 0 radical (unpaired) electrons. The molecule has 0 saturated carbocycles. The number of ether oxygens (including phenoxy) is 1. The van der Waals surface area contributed by atoms with Crippen molar-refractivity contribution < 1.29 is 9.13 Å². The van der Waals surface area contributed by atoms with Gasteiger partial charge in [-0.05, 0) is 43.3 Å². The predicted octanol–water partition coefficient (Wildman–Crippen LogP) is 3.51. The summed E-state index contributed by atoms with van der Waals surface area (Å²) in [6.07, 6.45) is 0. The maximum atomic E-state index is 13.2. The first-order valence-corrected chi connectivity index (χ1v) is 5.83. The molecule has 0 heterocycles. The van der Waals surface area contributed by atoms with E-state index in [1.165, 1.54) is 18.2 Å². The van der Waals surface area contributed by atoms with Gasteiger partial charge in [0.2, 0.25) is 0 Å². The lowest BCUT2D eigenvalue weighted by Crippen LogP contribution is -2.07. The molecule has 0 spiro atoms. The second-order valence-electron chi connectivity index (χ2n) is 4.21. The highest BCUT2D eigenvalue weighted by molar-refractivity contribution is 5.42. The van der Waals surface area contributed by atoms with Crippen molar-refractivity contribution in [3.05, 3.63) is 59.4 Å². The molecule has 0 aromatic heterocycles. The highest BCUT2D eigenvalue weighted by Crippen LogP contribution is 2.29. The standard InChI is InChI=1S/C15H13FN2O/c1-10(18)14-8-12(16)5-6-15(14)19-13-4-2-3-11(7-13)9-17/h2-8,10H,18H2,1H3/t10-/m0/s1. The van der Waals surface area contributed by atoms with Crippen molar-refractivity contribution in [2.75, 3.05) is 0 Å². The normalized spacial score (nSPS) is 11.7. The highest BCUT2D eigenvalue weighted by Gasteiger charge is 2.10. The van der Waals surface area contributed by atoms with Crippen LogP contribution in [0, 0.1) is 17.1 Å². The number of rotatable bonds is 3. The van der Waals surface area contributed by atoms with Gasteiger partial charge in [0.25, 0.3) is 0 Å². The zero-order chi connectivity index (χ0) is 13.8. The summed E-state index contributed by atoms with van der Waals surface area (Å²) in [4.78, 5) is 0. The Labute approximate surface area is 111 Å². The number of nitriles is 1. The Morgan fingerprint density at radius 1 is 1.26 bits per heavy atom. The van der Waals surface area contributed by atoms with Crippen LogP contribution in [0.5, 0.6) is 11.5 Å². The molecule has 0 aliphatic heterocycles. The van der Waals surface area contributed by atoms with E-state index >= 15 is 0 Å². The molecule has 0 unspecified atom stereocenters. The average molecular weight is 256 g/mol. The van der Waals surface area contributed by atoms with E-state index in [0.717, 1.165) is 0 Å². The van der Waals surface area contributed by atoms with Gasteiger partial charge in [-0.25, -0.2) is 4.39 Å². The average Bonchev–Trinajstić information content (AvgIpc) is 2.41. The fourth-order valence-electron chi connectivity index (χ4n) is 1.72. The molecule has 19 heavy (non-hydrogen) atoms. The summed E-state index contributed by atoms with van der Waals surface area (Å²) in [7, 11) is 0. The summed E-state index contributed by atoms with van der Waals surface area (Å²) >= 11 is 0. The first-order valence-electron chi connectivity index (χ1n) is 5.83. The number of benzene rings is 2. The molecule has 2 aromatic carbocycles. The fraction of sp³-hybridized carbons (Fsp3) is 0.133. The minimum absolute atomic E-state index is 0.343. The zero-order valence-electron chi connectivity index (χ0n) is 10.4. The largest absolute Gasteiger partial charge is 0.457 e. The molecule has 1 atom stereocenters. The SMILES string of the molecule is C[C@H](N)c1cc(F)ccc1Oc1cccc(C#N)c1. The van der Waals surface area contributed by atoms with Crippen molar-refractivity contribution in [1.82, 2.24) is 0 Å². The highest BCUT2D eigenvalue weighted by atomic mass is 19.1. The van der Waals surface area contributed by atoms with E-state index < -0.39 is 0 Å². The summed E-state index contributed by atoms with van der Waals surface area (Å²) in [5.74, 6) is 0.657. The summed E-state index contributed by atoms with van der Waals surface area (Å²) in [5.41, 5.74) is 6.88. The topological polar surface area (TPSA) is 59.0 Å². The molecular weight excluding hydrogens is 243 g/mol. The van der Waals surface area contributed by atoms with Crippen LogP contribution < -0.4 is 10.5 Å².